The molecule has 2 heteroatoms. The molecule has 10 aromatic carbocycles. The van der Waals surface area contributed by atoms with Crippen molar-refractivity contribution in [3.05, 3.63) is 277 Å². The zero-order valence-electron chi connectivity index (χ0n) is 34.6. The second-order valence-corrected chi connectivity index (χ2v) is 16.4. The molecule has 1 aliphatic carbocycles. The molecule has 12 rings (SSSR count). The molecule has 0 atom stereocenters. The lowest BCUT2D eigenvalue weighted by atomic mass is 9.67. The van der Waals surface area contributed by atoms with Crippen molar-refractivity contribution in [3.8, 4) is 39.1 Å². The topological polar surface area (TPSA) is 8.17 Å². The van der Waals surface area contributed by atoms with E-state index in [0.717, 1.165) is 17.1 Å². The summed E-state index contributed by atoms with van der Waals surface area (Å²) in [6, 6.07) is 93.4. The van der Waals surface area contributed by atoms with Gasteiger partial charge in [0.05, 0.1) is 27.8 Å². The molecule has 0 amide bonds. The smallest absolute Gasteiger partial charge is 0.0715 e. The van der Waals surface area contributed by atoms with Gasteiger partial charge in [-0.2, -0.15) is 0 Å². The molecular formula is C61H42N2. The number of nitrogens with zero attached hydrogens (tertiary/aromatic N) is 2. The van der Waals surface area contributed by atoms with Crippen LogP contribution in [0, 0.1) is 0 Å². The number of rotatable bonds is 8. The highest BCUT2D eigenvalue weighted by Crippen LogP contribution is 2.59. The van der Waals surface area contributed by atoms with Crippen molar-refractivity contribution >= 4 is 38.9 Å². The summed E-state index contributed by atoms with van der Waals surface area (Å²) in [4.78, 5) is 2.45. The van der Waals surface area contributed by atoms with E-state index in [9.17, 15) is 0 Å². The van der Waals surface area contributed by atoms with E-state index in [-0.39, 0.29) is 0 Å². The number of fused-ring (bicyclic) bond motifs is 6. The van der Waals surface area contributed by atoms with E-state index < -0.39 is 5.41 Å². The number of hydrogen-bond donors (Lipinski definition) is 0. The third-order valence-electron chi connectivity index (χ3n) is 13.1. The van der Waals surface area contributed by atoms with Gasteiger partial charge in [-0.05, 0) is 93.0 Å². The van der Waals surface area contributed by atoms with Crippen LogP contribution in [0.1, 0.15) is 22.3 Å². The van der Waals surface area contributed by atoms with Gasteiger partial charge in [0.25, 0.3) is 0 Å². The van der Waals surface area contributed by atoms with Crippen LogP contribution >= 0.6 is 0 Å². The lowest BCUT2D eigenvalue weighted by Gasteiger charge is -2.35. The molecule has 1 aliphatic rings. The van der Waals surface area contributed by atoms with Crippen LogP contribution in [0.15, 0.2) is 255 Å². The average Bonchev–Trinajstić information content (AvgIpc) is 3.86. The van der Waals surface area contributed by atoms with Gasteiger partial charge >= 0.3 is 0 Å². The Morgan fingerprint density at radius 1 is 0.333 bits per heavy atom. The van der Waals surface area contributed by atoms with Crippen molar-refractivity contribution in [2.24, 2.45) is 0 Å². The van der Waals surface area contributed by atoms with Crippen LogP contribution < -0.4 is 4.90 Å². The normalized spacial score (nSPS) is 12.6. The first-order valence-electron chi connectivity index (χ1n) is 21.8. The molecule has 0 saturated heterocycles. The van der Waals surface area contributed by atoms with E-state index in [0.29, 0.717) is 0 Å². The first kappa shape index (κ1) is 36.6. The Labute approximate surface area is 368 Å². The Morgan fingerprint density at radius 3 is 1.48 bits per heavy atom. The van der Waals surface area contributed by atoms with Gasteiger partial charge in [0.1, 0.15) is 0 Å². The largest absolute Gasteiger partial charge is 0.310 e. The summed E-state index contributed by atoms with van der Waals surface area (Å²) >= 11 is 0. The first-order chi connectivity index (χ1) is 31.3. The molecule has 296 valence electrons. The molecule has 0 fully saturated rings. The zero-order chi connectivity index (χ0) is 41.7. The van der Waals surface area contributed by atoms with Crippen LogP contribution in [-0.4, -0.2) is 4.57 Å². The maximum Gasteiger partial charge on any atom is 0.0715 e. The summed E-state index contributed by atoms with van der Waals surface area (Å²) in [6.07, 6.45) is 0. The molecule has 0 unspecified atom stereocenters. The van der Waals surface area contributed by atoms with E-state index in [4.69, 9.17) is 0 Å². The van der Waals surface area contributed by atoms with Crippen LogP contribution in [0.5, 0.6) is 0 Å². The van der Waals surface area contributed by atoms with Crippen molar-refractivity contribution in [2.45, 2.75) is 5.41 Å². The Hall–Kier alpha value is -8.20. The highest BCUT2D eigenvalue weighted by Gasteiger charge is 2.47. The number of aromatic nitrogens is 1. The third kappa shape index (κ3) is 5.80. The van der Waals surface area contributed by atoms with Crippen molar-refractivity contribution in [2.75, 3.05) is 4.90 Å². The van der Waals surface area contributed by atoms with Gasteiger partial charge in [-0.15, -0.1) is 0 Å². The summed E-state index contributed by atoms with van der Waals surface area (Å²) in [5.41, 5.74) is 18.4. The number of hydrogen-bond acceptors (Lipinski definition) is 1. The fourth-order valence-corrected chi connectivity index (χ4v) is 10.4. The van der Waals surface area contributed by atoms with Crippen LogP contribution in [0.2, 0.25) is 0 Å². The molecule has 11 aromatic rings. The molecule has 2 nitrogen and oxygen atoms in total. The molecule has 0 spiro atoms. The molecule has 0 saturated carbocycles. The molecule has 1 heterocycles. The summed E-state index contributed by atoms with van der Waals surface area (Å²) in [6.45, 7) is 0. The molecule has 63 heavy (non-hydrogen) atoms. The van der Waals surface area contributed by atoms with Gasteiger partial charge in [-0.3, -0.25) is 0 Å². The minimum Gasteiger partial charge on any atom is -0.310 e. The second-order valence-electron chi connectivity index (χ2n) is 16.4. The van der Waals surface area contributed by atoms with Gasteiger partial charge in [0.15, 0.2) is 0 Å². The highest BCUT2D eigenvalue weighted by atomic mass is 15.1. The lowest BCUT2D eigenvalue weighted by molar-refractivity contribution is 0.768. The van der Waals surface area contributed by atoms with Crippen molar-refractivity contribution in [1.29, 1.82) is 0 Å². The molecule has 0 aliphatic heterocycles. The van der Waals surface area contributed by atoms with Gasteiger partial charge in [0.2, 0.25) is 0 Å². The highest BCUT2D eigenvalue weighted by molar-refractivity contribution is 6.10. The minimum absolute atomic E-state index is 0.625. The van der Waals surface area contributed by atoms with Crippen molar-refractivity contribution in [1.82, 2.24) is 4.57 Å². The van der Waals surface area contributed by atoms with E-state index in [1.54, 1.807) is 0 Å². The zero-order valence-corrected chi connectivity index (χ0v) is 34.6. The van der Waals surface area contributed by atoms with Gasteiger partial charge in [0, 0.05) is 33.3 Å². The summed E-state index contributed by atoms with van der Waals surface area (Å²) in [7, 11) is 0. The van der Waals surface area contributed by atoms with Crippen LogP contribution in [-0.2, 0) is 5.41 Å². The number of benzene rings is 10. The molecule has 0 radical (unpaired) electrons. The maximum absolute atomic E-state index is 2.49. The van der Waals surface area contributed by atoms with Crippen molar-refractivity contribution < 1.29 is 0 Å². The predicted octanol–water partition coefficient (Wildman–Crippen LogP) is 16.0. The Morgan fingerprint density at radius 2 is 0.841 bits per heavy atom. The molecule has 1 aromatic heterocycles. The summed E-state index contributed by atoms with van der Waals surface area (Å²) in [5, 5.41) is 2.50. The van der Waals surface area contributed by atoms with Crippen LogP contribution in [0.3, 0.4) is 0 Å². The number of para-hydroxylation sites is 3. The van der Waals surface area contributed by atoms with E-state index in [1.807, 2.05) is 0 Å². The third-order valence-corrected chi connectivity index (χ3v) is 13.1. The summed E-state index contributed by atoms with van der Waals surface area (Å²) < 4.78 is 2.49. The van der Waals surface area contributed by atoms with E-state index >= 15 is 0 Å². The Kier molecular flexibility index (Phi) is 8.76. The molecular weight excluding hydrogens is 761 g/mol. The first-order valence-corrected chi connectivity index (χ1v) is 21.8. The fraction of sp³-hybridized carbons (Fsp3) is 0.0164. The Balaban J connectivity index is 1.16. The average molecular weight is 803 g/mol. The van der Waals surface area contributed by atoms with E-state index in [1.165, 1.54) is 83.1 Å². The maximum atomic E-state index is 2.49. The standard InChI is InChI=1S/C61H42N2/c1-5-20-43(21-6-1)44-36-38-48(39-37-44)62(56-32-16-13-28-50(56)45-22-7-2-8-23-45)49-40-41-53-55(42-49)61(46-24-9-3-10-25-46,47-26-11-4-12-27-47)54-31-19-35-59(60(53)54)63-57-33-17-14-29-51(57)52-30-15-18-34-58(52)63/h1-42H. The van der Waals surface area contributed by atoms with Gasteiger partial charge in [-0.25, -0.2) is 0 Å². The SMILES string of the molecule is c1ccc(-c2ccc(N(c3ccc4c(c3)C(c3ccccc3)(c3ccccc3)c3cccc(-n5c6ccccc6c6ccccc65)c3-4)c3ccccc3-c3ccccc3)cc2)cc1. The quantitative estimate of drug-likeness (QED) is 0.149. The Bertz CT molecular complexity index is 3330. The van der Waals surface area contributed by atoms with Crippen LogP contribution in [0.25, 0.3) is 60.9 Å². The minimum atomic E-state index is -0.625. The summed E-state index contributed by atoms with van der Waals surface area (Å²) in [5.74, 6) is 0. The second kappa shape index (κ2) is 15.1. The van der Waals surface area contributed by atoms with Crippen LogP contribution in [0.4, 0.5) is 17.1 Å². The predicted molar refractivity (Wildman–Crippen MR) is 264 cm³/mol. The van der Waals surface area contributed by atoms with Crippen molar-refractivity contribution in [3.63, 3.8) is 0 Å². The number of anilines is 3. The molecule has 0 bridgehead atoms. The fourth-order valence-electron chi connectivity index (χ4n) is 10.4. The van der Waals surface area contributed by atoms with E-state index in [2.05, 4.69) is 264 Å². The molecule has 0 N–H and O–H groups in total. The van der Waals surface area contributed by atoms with Gasteiger partial charge < -0.3 is 9.47 Å². The van der Waals surface area contributed by atoms with Gasteiger partial charge in [-0.1, -0.05) is 206 Å². The monoisotopic (exact) mass is 802 g/mol. The lowest BCUT2D eigenvalue weighted by Crippen LogP contribution is -2.28.